The molecule has 1 saturated heterocycles. The fourth-order valence-corrected chi connectivity index (χ4v) is 4.80. The summed E-state index contributed by atoms with van der Waals surface area (Å²) in [4.78, 5) is 2.59. The average Bonchev–Trinajstić information content (AvgIpc) is 2.50. The van der Waals surface area contributed by atoms with Crippen molar-refractivity contribution in [2.45, 2.75) is 31.6 Å². The van der Waals surface area contributed by atoms with Crippen LogP contribution >= 0.6 is 11.6 Å². The van der Waals surface area contributed by atoms with E-state index in [9.17, 15) is 8.42 Å². The molecule has 1 aliphatic rings. The number of hydrogen-bond acceptors (Lipinski definition) is 4. The zero-order valence-electron chi connectivity index (χ0n) is 14.6. The second-order valence-corrected chi connectivity index (χ2v) is 8.93. The van der Waals surface area contributed by atoms with Gasteiger partial charge in [0.25, 0.3) is 0 Å². The van der Waals surface area contributed by atoms with Crippen molar-refractivity contribution in [3.05, 3.63) is 23.2 Å². The molecular weight excluding hydrogens is 348 g/mol. The van der Waals surface area contributed by atoms with E-state index in [1.165, 1.54) is 25.7 Å². The van der Waals surface area contributed by atoms with Gasteiger partial charge in [-0.3, -0.25) is 0 Å². The number of likely N-dealkylation sites (tertiary alicyclic amines) is 1. The molecule has 1 heterocycles. The monoisotopic (exact) mass is 374 g/mol. The minimum Gasteiger partial charge on any atom is -0.495 e. The highest BCUT2D eigenvalue weighted by Gasteiger charge is 2.21. The van der Waals surface area contributed by atoms with E-state index in [0.29, 0.717) is 24.1 Å². The number of piperidine rings is 1. The van der Waals surface area contributed by atoms with Crippen LogP contribution in [0.1, 0.15) is 26.7 Å². The van der Waals surface area contributed by atoms with Crippen molar-refractivity contribution < 1.29 is 13.2 Å². The van der Waals surface area contributed by atoms with Crippen molar-refractivity contribution in [1.29, 1.82) is 0 Å². The SMILES string of the molecule is COc1ccc(S(=O)(=O)NCCCN2C[C@@H](C)C[C@H](C)C2)cc1Cl. The molecule has 5 nitrogen and oxygen atoms in total. The first-order valence-corrected chi connectivity index (χ1v) is 10.2. The summed E-state index contributed by atoms with van der Waals surface area (Å²) in [7, 11) is -2.04. The van der Waals surface area contributed by atoms with Crippen molar-refractivity contribution in [2.75, 3.05) is 33.3 Å². The summed E-state index contributed by atoms with van der Waals surface area (Å²) in [6.07, 6.45) is 2.07. The molecule has 1 aromatic rings. The number of nitrogens with zero attached hydrogens (tertiary/aromatic N) is 1. The van der Waals surface area contributed by atoms with E-state index < -0.39 is 10.0 Å². The fourth-order valence-electron chi connectivity index (χ4n) is 3.38. The smallest absolute Gasteiger partial charge is 0.240 e. The Morgan fingerprint density at radius 2 is 1.96 bits per heavy atom. The lowest BCUT2D eigenvalue weighted by molar-refractivity contribution is 0.140. The van der Waals surface area contributed by atoms with Gasteiger partial charge in [0.15, 0.2) is 0 Å². The van der Waals surface area contributed by atoms with Gasteiger partial charge in [-0.25, -0.2) is 13.1 Å². The zero-order chi connectivity index (χ0) is 17.7. The van der Waals surface area contributed by atoms with Crippen LogP contribution in [-0.4, -0.2) is 46.6 Å². The van der Waals surface area contributed by atoms with Crippen molar-refractivity contribution >= 4 is 21.6 Å². The summed E-state index contributed by atoms with van der Waals surface area (Å²) in [6.45, 7) is 8.10. The summed E-state index contributed by atoms with van der Waals surface area (Å²) in [5, 5.41) is 0.289. The maximum Gasteiger partial charge on any atom is 0.240 e. The third kappa shape index (κ3) is 5.34. The first kappa shape index (κ1) is 19.5. The molecule has 0 aromatic heterocycles. The molecule has 2 rings (SSSR count). The molecule has 24 heavy (non-hydrogen) atoms. The van der Waals surface area contributed by atoms with Gasteiger partial charge in [0.1, 0.15) is 5.75 Å². The summed E-state index contributed by atoms with van der Waals surface area (Å²) < 4.78 is 32.3. The topological polar surface area (TPSA) is 58.6 Å². The van der Waals surface area contributed by atoms with Gasteiger partial charge in [0.05, 0.1) is 17.0 Å². The lowest BCUT2D eigenvalue weighted by atomic mass is 9.92. The first-order valence-electron chi connectivity index (χ1n) is 8.37. The second-order valence-electron chi connectivity index (χ2n) is 6.75. The Morgan fingerprint density at radius 1 is 1.29 bits per heavy atom. The third-order valence-electron chi connectivity index (χ3n) is 4.32. The maximum absolute atomic E-state index is 12.3. The number of methoxy groups -OCH3 is 1. The molecule has 1 N–H and O–H groups in total. The van der Waals surface area contributed by atoms with Crippen LogP contribution in [0.25, 0.3) is 0 Å². The van der Waals surface area contributed by atoms with E-state index in [0.717, 1.165) is 26.1 Å². The maximum atomic E-state index is 12.3. The van der Waals surface area contributed by atoms with Gasteiger partial charge in [-0.2, -0.15) is 0 Å². The highest BCUT2D eigenvalue weighted by atomic mass is 35.5. The van der Waals surface area contributed by atoms with Crippen molar-refractivity contribution in [3.8, 4) is 5.75 Å². The van der Waals surface area contributed by atoms with E-state index in [1.54, 1.807) is 6.07 Å². The molecule has 136 valence electrons. The molecule has 0 unspecified atom stereocenters. The van der Waals surface area contributed by atoms with Gasteiger partial charge in [0, 0.05) is 19.6 Å². The van der Waals surface area contributed by atoms with Gasteiger partial charge >= 0.3 is 0 Å². The Kier molecular flexibility index (Phi) is 6.92. The van der Waals surface area contributed by atoms with Gasteiger partial charge in [-0.15, -0.1) is 0 Å². The van der Waals surface area contributed by atoms with E-state index in [1.807, 2.05) is 0 Å². The number of sulfonamides is 1. The molecule has 0 saturated carbocycles. The van der Waals surface area contributed by atoms with Crippen molar-refractivity contribution in [2.24, 2.45) is 11.8 Å². The molecular formula is C17H27ClN2O3S. The van der Waals surface area contributed by atoms with Crippen molar-refractivity contribution in [1.82, 2.24) is 9.62 Å². The molecule has 2 atom stereocenters. The van der Waals surface area contributed by atoms with E-state index >= 15 is 0 Å². The number of halogens is 1. The van der Waals surface area contributed by atoms with Gasteiger partial charge in [-0.1, -0.05) is 25.4 Å². The fraction of sp³-hybridized carbons (Fsp3) is 0.647. The van der Waals surface area contributed by atoms with E-state index in [2.05, 4.69) is 23.5 Å². The Labute approximate surface area is 150 Å². The van der Waals surface area contributed by atoms with Crippen LogP contribution in [0.2, 0.25) is 5.02 Å². The van der Waals surface area contributed by atoms with E-state index in [-0.39, 0.29) is 9.92 Å². The first-order chi connectivity index (χ1) is 11.3. The molecule has 0 bridgehead atoms. The summed E-state index contributed by atoms with van der Waals surface area (Å²) in [5.74, 6) is 1.89. The standard InChI is InChI=1S/C17H27ClN2O3S/c1-13-9-14(2)12-20(11-13)8-4-7-19-24(21,22)15-5-6-17(23-3)16(18)10-15/h5-6,10,13-14,19H,4,7-9,11-12H2,1-3H3/t13-,14-/m0/s1. The number of benzene rings is 1. The number of ether oxygens (including phenoxy) is 1. The van der Waals surface area contributed by atoms with E-state index in [4.69, 9.17) is 16.3 Å². The Balaban J connectivity index is 1.83. The Morgan fingerprint density at radius 3 is 2.54 bits per heavy atom. The minimum atomic E-state index is -3.54. The minimum absolute atomic E-state index is 0.161. The molecule has 0 spiro atoms. The highest BCUT2D eigenvalue weighted by molar-refractivity contribution is 7.89. The predicted molar refractivity (Wildman–Crippen MR) is 97.2 cm³/mol. The van der Waals surface area contributed by atoms with Gasteiger partial charge in [-0.05, 0) is 49.4 Å². The molecule has 1 fully saturated rings. The Hall–Kier alpha value is -0.820. The van der Waals surface area contributed by atoms with Crippen LogP contribution in [0.4, 0.5) is 0 Å². The number of hydrogen-bond donors (Lipinski definition) is 1. The van der Waals surface area contributed by atoms with Gasteiger partial charge < -0.3 is 9.64 Å². The highest BCUT2D eigenvalue weighted by Crippen LogP contribution is 2.26. The number of nitrogens with one attached hydrogen (secondary N) is 1. The predicted octanol–water partition coefficient (Wildman–Crippen LogP) is 2.99. The zero-order valence-corrected chi connectivity index (χ0v) is 16.2. The average molecular weight is 375 g/mol. The van der Waals surface area contributed by atoms with Crippen LogP contribution in [-0.2, 0) is 10.0 Å². The molecule has 0 radical (unpaired) electrons. The third-order valence-corrected chi connectivity index (χ3v) is 6.08. The summed E-state index contributed by atoms with van der Waals surface area (Å²) in [6, 6.07) is 4.48. The van der Waals surface area contributed by atoms with Gasteiger partial charge in [0.2, 0.25) is 10.0 Å². The second kappa shape index (κ2) is 8.52. The quantitative estimate of drug-likeness (QED) is 0.745. The summed E-state index contributed by atoms with van der Waals surface area (Å²) in [5.41, 5.74) is 0. The van der Waals surface area contributed by atoms with Crippen LogP contribution < -0.4 is 9.46 Å². The van der Waals surface area contributed by atoms with Crippen LogP contribution in [0.15, 0.2) is 23.1 Å². The molecule has 7 heteroatoms. The van der Waals surface area contributed by atoms with Crippen LogP contribution in [0.5, 0.6) is 5.75 Å². The molecule has 0 amide bonds. The van der Waals surface area contributed by atoms with Crippen molar-refractivity contribution in [3.63, 3.8) is 0 Å². The lowest BCUT2D eigenvalue weighted by Crippen LogP contribution is -2.40. The Bertz CT molecular complexity index is 641. The largest absolute Gasteiger partial charge is 0.495 e. The number of rotatable bonds is 7. The molecule has 1 aliphatic heterocycles. The van der Waals surface area contributed by atoms with Crippen LogP contribution in [0, 0.1) is 11.8 Å². The molecule has 1 aromatic carbocycles. The normalized spacial score (nSPS) is 22.5. The summed E-state index contributed by atoms with van der Waals surface area (Å²) >= 11 is 6.00. The van der Waals surface area contributed by atoms with Crippen LogP contribution in [0.3, 0.4) is 0 Å². The molecule has 0 aliphatic carbocycles. The lowest BCUT2D eigenvalue weighted by Gasteiger charge is -2.34.